The fourth-order valence-electron chi connectivity index (χ4n) is 1.34. The van der Waals surface area contributed by atoms with Crippen LogP contribution in [-0.2, 0) is 4.79 Å². The summed E-state index contributed by atoms with van der Waals surface area (Å²) in [6, 6.07) is 4.59. The second-order valence-corrected chi connectivity index (χ2v) is 5.25. The Kier molecular flexibility index (Phi) is 3.48. The Morgan fingerprint density at radius 2 is 2.22 bits per heavy atom. The smallest absolute Gasteiger partial charge is 0.286 e. The first-order chi connectivity index (χ1) is 8.47. The Morgan fingerprint density at radius 3 is 2.78 bits per heavy atom. The number of rotatable bonds is 2. The number of benzene rings is 1. The lowest BCUT2D eigenvalue weighted by Gasteiger charge is -1.98. The summed E-state index contributed by atoms with van der Waals surface area (Å²) >= 11 is 4.13. The van der Waals surface area contributed by atoms with Crippen LogP contribution in [0.1, 0.15) is 5.56 Å². The molecule has 8 heteroatoms. The van der Waals surface area contributed by atoms with Crippen molar-refractivity contribution in [3.05, 3.63) is 43.3 Å². The average molecular weight is 328 g/mol. The Balaban J connectivity index is 2.37. The van der Waals surface area contributed by atoms with Gasteiger partial charge in [-0.3, -0.25) is 14.9 Å². The van der Waals surface area contributed by atoms with Gasteiger partial charge in [-0.1, -0.05) is 6.07 Å². The number of amides is 1. The molecule has 0 radical (unpaired) electrons. The molecule has 0 saturated carbocycles. The molecule has 0 saturated heterocycles. The summed E-state index contributed by atoms with van der Waals surface area (Å²) in [5.74, 6) is -0.428. The fraction of sp³-hybridized carbons (Fsp3) is 0. The predicted octanol–water partition coefficient (Wildman–Crippen LogP) is 2.29. The first kappa shape index (κ1) is 12.8. The number of carbonyl (C=O) groups is 1. The first-order valence-corrected chi connectivity index (χ1v) is 6.30. The zero-order chi connectivity index (χ0) is 13.3. The van der Waals surface area contributed by atoms with Crippen molar-refractivity contribution >= 4 is 50.5 Å². The van der Waals surface area contributed by atoms with Crippen molar-refractivity contribution in [1.82, 2.24) is 0 Å². The Morgan fingerprint density at radius 1 is 1.50 bits per heavy atom. The minimum atomic E-state index is -0.499. The van der Waals surface area contributed by atoms with Crippen LogP contribution in [-0.4, -0.2) is 16.0 Å². The molecule has 0 aromatic heterocycles. The van der Waals surface area contributed by atoms with Gasteiger partial charge in [-0.05, 0) is 45.4 Å². The number of thioether (sulfide) groups is 1. The molecule has 0 spiro atoms. The van der Waals surface area contributed by atoms with Gasteiger partial charge >= 0.3 is 0 Å². The van der Waals surface area contributed by atoms with E-state index in [9.17, 15) is 14.9 Å². The highest BCUT2D eigenvalue weighted by molar-refractivity contribution is 9.10. The third-order valence-corrected chi connectivity index (χ3v) is 3.59. The van der Waals surface area contributed by atoms with Crippen LogP contribution in [0.25, 0.3) is 6.08 Å². The van der Waals surface area contributed by atoms with Crippen molar-refractivity contribution in [2.45, 2.75) is 0 Å². The number of nitrogens with two attached hydrogens (primary N) is 1. The van der Waals surface area contributed by atoms with Crippen molar-refractivity contribution in [2.24, 2.45) is 10.7 Å². The Hall–Kier alpha value is -1.67. The van der Waals surface area contributed by atoms with Crippen molar-refractivity contribution in [2.75, 3.05) is 0 Å². The summed E-state index contributed by atoms with van der Waals surface area (Å²) in [5.41, 5.74) is 5.89. The van der Waals surface area contributed by atoms with E-state index in [1.54, 1.807) is 12.1 Å². The van der Waals surface area contributed by atoms with Gasteiger partial charge in [0.2, 0.25) is 0 Å². The van der Waals surface area contributed by atoms with Crippen LogP contribution in [0, 0.1) is 10.1 Å². The lowest BCUT2D eigenvalue weighted by molar-refractivity contribution is -0.385. The minimum absolute atomic E-state index is 0.0614. The minimum Gasteiger partial charge on any atom is -0.378 e. The lowest BCUT2D eigenvalue weighted by Crippen LogP contribution is -2.01. The van der Waals surface area contributed by atoms with Crippen molar-refractivity contribution in [3.63, 3.8) is 0 Å². The highest BCUT2D eigenvalue weighted by Gasteiger charge is 2.20. The van der Waals surface area contributed by atoms with Gasteiger partial charge in [0.1, 0.15) is 0 Å². The van der Waals surface area contributed by atoms with E-state index in [0.29, 0.717) is 14.9 Å². The number of nitro groups is 1. The third kappa shape index (κ3) is 2.59. The Bertz CT molecular complexity index is 612. The summed E-state index contributed by atoms with van der Waals surface area (Å²) in [7, 11) is 0. The largest absolute Gasteiger partial charge is 0.378 e. The molecule has 1 aromatic carbocycles. The van der Waals surface area contributed by atoms with Crippen molar-refractivity contribution < 1.29 is 9.72 Å². The van der Waals surface area contributed by atoms with E-state index in [-0.39, 0.29) is 10.9 Å². The molecule has 1 aromatic rings. The number of hydrogen-bond donors (Lipinski definition) is 1. The molecule has 0 atom stereocenters. The van der Waals surface area contributed by atoms with E-state index in [0.717, 1.165) is 11.8 Å². The predicted molar refractivity (Wildman–Crippen MR) is 73.0 cm³/mol. The number of aliphatic imine (C=N–C) groups is 1. The van der Waals surface area contributed by atoms with Crippen LogP contribution >= 0.6 is 27.7 Å². The molecule has 18 heavy (non-hydrogen) atoms. The van der Waals surface area contributed by atoms with E-state index < -0.39 is 10.8 Å². The van der Waals surface area contributed by atoms with Gasteiger partial charge < -0.3 is 5.73 Å². The fourth-order valence-corrected chi connectivity index (χ4v) is 2.41. The quantitative estimate of drug-likeness (QED) is 0.510. The number of nitro benzene ring substituents is 1. The zero-order valence-corrected chi connectivity index (χ0v) is 11.2. The second-order valence-electron chi connectivity index (χ2n) is 3.33. The van der Waals surface area contributed by atoms with Crippen LogP contribution in [0.4, 0.5) is 5.69 Å². The van der Waals surface area contributed by atoms with Gasteiger partial charge in [0, 0.05) is 6.07 Å². The molecule has 0 fully saturated rings. The monoisotopic (exact) mass is 327 g/mol. The summed E-state index contributed by atoms with van der Waals surface area (Å²) in [6.07, 6.45) is 1.52. The number of amidine groups is 1. The molecule has 2 rings (SSSR count). The van der Waals surface area contributed by atoms with E-state index >= 15 is 0 Å². The number of carbonyl (C=O) groups excluding carboxylic acids is 1. The molecule has 0 unspecified atom stereocenters. The van der Waals surface area contributed by atoms with Crippen LogP contribution in [0.15, 0.2) is 32.6 Å². The summed E-state index contributed by atoms with van der Waals surface area (Å²) < 4.78 is 0.385. The maximum absolute atomic E-state index is 11.4. The van der Waals surface area contributed by atoms with Crippen LogP contribution < -0.4 is 5.73 Å². The third-order valence-electron chi connectivity index (χ3n) is 2.10. The van der Waals surface area contributed by atoms with Gasteiger partial charge in [-0.25, -0.2) is 0 Å². The number of hydrogen-bond acceptors (Lipinski definition) is 5. The second kappa shape index (κ2) is 4.91. The topological polar surface area (TPSA) is 98.6 Å². The number of nitrogens with zero attached hydrogens (tertiary/aromatic N) is 2. The molecule has 0 aliphatic carbocycles. The summed E-state index contributed by atoms with van der Waals surface area (Å²) in [5, 5.41) is 10.9. The molecule has 92 valence electrons. The van der Waals surface area contributed by atoms with Gasteiger partial charge in [-0.15, -0.1) is 0 Å². The molecule has 6 nitrogen and oxygen atoms in total. The summed E-state index contributed by atoms with van der Waals surface area (Å²) in [4.78, 5) is 25.5. The molecule has 1 amide bonds. The van der Waals surface area contributed by atoms with E-state index in [1.807, 2.05) is 0 Å². The van der Waals surface area contributed by atoms with Crippen LogP contribution in [0.5, 0.6) is 0 Å². The van der Waals surface area contributed by atoms with E-state index in [1.165, 1.54) is 12.1 Å². The van der Waals surface area contributed by atoms with Gasteiger partial charge in [0.05, 0.1) is 14.3 Å². The van der Waals surface area contributed by atoms with E-state index in [4.69, 9.17) is 5.73 Å². The maximum Gasteiger partial charge on any atom is 0.286 e. The summed E-state index contributed by atoms with van der Waals surface area (Å²) in [6.45, 7) is 0. The average Bonchev–Trinajstić information content (AvgIpc) is 2.60. The van der Waals surface area contributed by atoms with Gasteiger partial charge in [-0.2, -0.15) is 4.99 Å². The van der Waals surface area contributed by atoms with Crippen molar-refractivity contribution in [1.29, 1.82) is 0 Å². The SMILES string of the molecule is NC1=NC(=O)C(=Cc2ccc(Br)c([N+](=O)[O-])c2)S1. The zero-order valence-electron chi connectivity index (χ0n) is 8.79. The molecule has 1 heterocycles. The normalized spacial score (nSPS) is 17.1. The van der Waals surface area contributed by atoms with E-state index in [2.05, 4.69) is 20.9 Å². The standard InChI is InChI=1S/C10H6BrN3O3S/c11-6-2-1-5(3-7(6)14(16)17)4-8-9(15)13-10(12)18-8/h1-4H,(H2,12,13,15). The Labute approximate surface area is 114 Å². The number of halogens is 1. The van der Waals surface area contributed by atoms with Crippen LogP contribution in [0.3, 0.4) is 0 Å². The maximum atomic E-state index is 11.4. The molecule has 0 bridgehead atoms. The molecular formula is C10H6BrN3O3S. The van der Waals surface area contributed by atoms with Crippen molar-refractivity contribution in [3.8, 4) is 0 Å². The van der Waals surface area contributed by atoms with Gasteiger partial charge in [0.25, 0.3) is 11.6 Å². The molecule has 1 aliphatic heterocycles. The molecule has 2 N–H and O–H groups in total. The highest BCUT2D eigenvalue weighted by Crippen LogP contribution is 2.30. The molecule has 1 aliphatic rings. The van der Waals surface area contributed by atoms with Crippen LogP contribution in [0.2, 0.25) is 0 Å². The lowest BCUT2D eigenvalue weighted by atomic mass is 10.2. The highest BCUT2D eigenvalue weighted by atomic mass is 79.9. The van der Waals surface area contributed by atoms with Gasteiger partial charge in [0.15, 0.2) is 5.17 Å². The first-order valence-electron chi connectivity index (χ1n) is 4.69. The molecular weight excluding hydrogens is 322 g/mol.